The molecular weight excluding hydrogens is 375 g/mol. The van der Waals surface area contributed by atoms with Crippen molar-refractivity contribution < 1.29 is 27.5 Å². The Bertz CT molecular complexity index is 721. The van der Waals surface area contributed by atoms with Crippen molar-refractivity contribution in [1.29, 1.82) is 0 Å². The molecule has 0 unspecified atom stereocenters. The van der Waals surface area contributed by atoms with Crippen molar-refractivity contribution in [3.05, 3.63) is 29.1 Å². The molecule has 2 rings (SSSR count). The Labute approximate surface area is 162 Å². The highest BCUT2D eigenvalue weighted by Crippen LogP contribution is 2.28. The van der Waals surface area contributed by atoms with Crippen LogP contribution in [0.4, 0.5) is 18.0 Å². The summed E-state index contributed by atoms with van der Waals surface area (Å²) in [5.41, 5.74) is -1.33. The smallest absolute Gasteiger partial charge is 0.433 e. The number of alkyl carbamates (subject to hydrolysis) is 1. The maximum Gasteiger partial charge on any atom is 0.433 e. The number of pyridine rings is 1. The van der Waals surface area contributed by atoms with E-state index in [-0.39, 0.29) is 23.1 Å². The summed E-state index contributed by atoms with van der Waals surface area (Å²) in [4.78, 5) is 29.5. The topological polar surface area (TPSA) is 71.5 Å². The lowest BCUT2D eigenvalue weighted by atomic mass is 9.96. The van der Waals surface area contributed by atoms with Crippen molar-refractivity contribution in [2.24, 2.45) is 5.92 Å². The molecular formula is C19H26F3N3O3. The number of ether oxygens (including phenoxy) is 1. The summed E-state index contributed by atoms with van der Waals surface area (Å²) in [6.45, 7) is 8.16. The number of hydrogen-bond acceptors (Lipinski definition) is 4. The number of rotatable bonds is 3. The van der Waals surface area contributed by atoms with E-state index in [1.54, 1.807) is 25.7 Å². The summed E-state index contributed by atoms with van der Waals surface area (Å²) in [5.74, 6) is -0.110. The average Bonchev–Trinajstić information content (AvgIpc) is 2.57. The third-order valence-electron chi connectivity index (χ3n) is 4.44. The zero-order chi connectivity index (χ0) is 21.1. The molecule has 1 aliphatic heterocycles. The van der Waals surface area contributed by atoms with Gasteiger partial charge in [0, 0.05) is 19.6 Å². The quantitative estimate of drug-likeness (QED) is 0.837. The van der Waals surface area contributed by atoms with Crippen LogP contribution >= 0.6 is 0 Å². The number of aryl methyl sites for hydroxylation is 1. The first-order chi connectivity index (χ1) is 12.9. The molecule has 6 nitrogen and oxygen atoms in total. The molecule has 0 saturated carbocycles. The van der Waals surface area contributed by atoms with Gasteiger partial charge in [-0.3, -0.25) is 4.79 Å². The van der Waals surface area contributed by atoms with Crippen LogP contribution in [0.15, 0.2) is 12.1 Å². The molecule has 0 spiro atoms. The second kappa shape index (κ2) is 8.36. The van der Waals surface area contributed by atoms with Crippen LogP contribution in [-0.2, 0) is 10.9 Å². The number of carbonyl (C=O) groups is 2. The number of alkyl halides is 3. The van der Waals surface area contributed by atoms with Gasteiger partial charge in [0.2, 0.25) is 0 Å². The van der Waals surface area contributed by atoms with Gasteiger partial charge in [0.1, 0.15) is 11.3 Å². The van der Waals surface area contributed by atoms with Gasteiger partial charge in [0.25, 0.3) is 5.91 Å². The summed E-state index contributed by atoms with van der Waals surface area (Å²) >= 11 is 0. The second-order valence-corrected chi connectivity index (χ2v) is 7.95. The minimum Gasteiger partial charge on any atom is -0.444 e. The molecule has 0 radical (unpaired) electrons. The van der Waals surface area contributed by atoms with E-state index in [4.69, 9.17) is 4.74 Å². The minimum absolute atomic E-state index is 0.0635. The molecule has 0 aromatic carbocycles. The van der Waals surface area contributed by atoms with Crippen LogP contribution in [0.25, 0.3) is 0 Å². The van der Waals surface area contributed by atoms with Gasteiger partial charge in [-0.2, -0.15) is 13.2 Å². The Kier molecular flexibility index (Phi) is 6.56. The minimum atomic E-state index is -4.54. The standard InChI is InChI=1S/C19H26F3N3O3/c1-12-14(5-6-15(24-12)19(20,21)22)16(26)25-9-7-13(8-10-25)11-23-17(27)28-18(2,3)4/h5-6,13H,7-11H2,1-4H3,(H,23,27). The van der Waals surface area contributed by atoms with E-state index in [0.29, 0.717) is 32.5 Å². The lowest BCUT2D eigenvalue weighted by Gasteiger charge is -2.32. The lowest BCUT2D eigenvalue weighted by molar-refractivity contribution is -0.141. The molecule has 156 valence electrons. The van der Waals surface area contributed by atoms with Crippen molar-refractivity contribution in [1.82, 2.24) is 15.2 Å². The highest BCUT2D eigenvalue weighted by Gasteiger charge is 2.33. The molecule has 1 saturated heterocycles. The monoisotopic (exact) mass is 401 g/mol. The Morgan fingerprint density at radius 3 is 2.32 bits per heavy atom. The van der Waals surface area contributed by atoms with Crippen molar-refractivity contribution in [2.45, 2.75) is 52.3 Å². The second-order valence-electron chi connectivity index (χ2n) is 7.95. The van der Waals surface area contributed by atoms with Gasteiger partial charge in [-0.15, -0.1) is 0 Å². The van der Waals surface area contributed by atoms with Crippen LogP contribution in [0.2, 0.25) is 0 Å². The van der Waals surface area contributed by atoms with Crippen LogP contribution in [0.3, 0.4) is 0 Å². The van der Waals surface area contributed by atoms with Crippen LogP contribution in [0, 0.1) is 12.8 Å². The number of carbonyl (C=O) groups excluding carboxylic acids is 2. The summed E-state index contributed by atoms with van der Waals surface area (Å²) < 4.78 is 43.4. The molecule has 1 aromatic heterocycles. The zero-order valence-corrected chi connectivity index (χ0v) is 16.5. The third-order valence-corrected chi connectivity index (χ3v) is 4.44. The number of halogens is 3. The van der Waals surface area contributed by atoms with E-state index in [1.165, 1.54) is 13.0 Å². The number of likely N-dealkylation sites (tertiary alicyclic amines) is 1. The fourth-order valence-corrected chi connectivity index (χ4v) is 3.00. The number of hydrogen-bond donors (Lipinski definition) is 1. The van der Waals surface area contributed by atoms with Gasteiger partial charge in [0.05, 0.1) is 11.3 Å². The molecule has 1 aliphatic rings. The molecule has 9 heteroatoms. The lowest BCUT2D eigenvalue weighted by Crippen LogP contribution is -2.42. The summed E-state index contributed by atoms with van der Waals surface area (Å²) in [5, 5.41) is 2.73. The molecule has 2 heterocycles. The number of nitrogens with one attached hydrogen (secondary N) is 1. The van der Waals surface area contributed by atoms with Gasteiger partial charge in [0.15, 0.2) is 0 Å². The molecule has 2 amide bonds. The van der Waals surface area contributed by atoms with Crippen LogP contribution < -0.4 is 5.32 Å². The van der Waals surface area contributed by atoms with Crippen molar-refractivity contribution in [2.75, 3.05) is 19.6 Å². The van der Waals surface area contributed by atoms with E-state index in [2.05, 4.69) is 10.3 Å². The van der Waals surface area contributed by atoms with Crippen molar-refractivity contribution in [3.8, 4) is 0 Å². The number of nitrogens with zero attached hydrogens (tertiary/aromatic N) is 2. The predicted molar refractivity (Wildman–Crippen MR) is 96.8 cm³/mol. The normalized spacial score (nSPS) is 16.0. The Hall–Kier alpha value is -2.32. The van der Waals surface area contributed by atoms with Gasteiger partial charge >= 0.3 is 12.3 Å². The van der Waals surface area contributed by atoms with Crippen LogP contribution in [-0.4, -0.2) is 47.1 Å². The van der Waals surface area contributed by atoms with Crippen LogP contribution in [0.5, 0.6) is 0 Å². The van der Waals surface area contributed by atoms with E-state index in [9.17, 15) is 22.8 Å². The maximum absolute atomic E-state index is 12.7. The van der Waals surface area contributed by atoms with E-state index in [1.807, 2.05) is 0 Å². The van der Waals surface area contributed by atoms with E-state index in [0.717, 1.165) is 6.07 Å². The fraction of sp³-hybridized carbons (Fsp3) is 0.632. The molecule has 1 N–H and O–H groups in total. The third kappa shape index (κ3) is 6.10. The van der Waals surface area contributed by atoms with Crippen molar-refractivity contribution in [3.63, 3.8) is 0 Å². The van der Waals surface area contributed by atoms with Gasteiger partial charge in [-0.1, -0.05) is 0 Å². The molecule has 1 aromatic rings. The first-order valence-electron chi connectivity index (χ1n) is 9.18. The highest BCUT2D eigenvalue weighted by molar-refractivity contribution is 5.95. The first-order valence-corrected chi connectivity index (χ1v) is 9.18. The molecule has 0 aliphatic carbocycles. The Morgan fingerprint density at radius 1 is 1.21 bits per heavy atom. The van der Waals surface area contributed by atoms with Crippen LogP contribution in [0.1, 0.15) is 55.4 Å². The zero-order valence-electron chi connectivity index (χ0n) is 16.5. The average molecular weight is 401 g/mol. The number of amides is 2. The van der Waals surface area contributed by atoms with Gasteiger partial charge in [-0.25, -0.2) is 9.78 Å². The summed E-state index contributed by atoms with van der Waals surface area (Å²) in [7, 11) is 0. The van der Waals surface area contributed by atoms with E-state index < -0.39 is 23.6 Å². The highest BCUT2D eigenvalue weighted by atomic mass is 19.4. The SMILES string of the molecule is Cc1nc(C(F)(F)F)ccc1C(=O)N1CCC(CNC(=O)OC(C)(C)C)CC1. The maximum atomic E-state index is 12.7. The van der Waals surface area contributed by atoms with E-state index >= 15 is 0 Å². The van der Waals surface area contributed by atoms with Crippen molar-refractivity contribution >= 4 is 12.0 Å². The Balaban J connectivity index is 1.88. The number of piperidine rings is 1. The molecule has 0 bridgehead atoms. The number of aromatic nitrogens is 1. The summed E-state index contributed by atoms with van der Waals surface area (Å²) in [6.07, 6.45) is -3.63. The Morgan fingerprint density at radius 2 is 1.82 bits per heavy atom. The molecule has 28 heavy (non-hydrogen) atoms. The van der Waals surface area contributed by atoms with Gasteiger partial charge in [-0.05, 0) is 58.6 Å². The molecule has 0 atom stereocenters. The molecule has 1 fully saturated rings. The fourth-order valence-electron chi connectivity index (χ4n) is 3.00. The predicted octanol–water partition coefficient (Wildman–Crippen LogP) is 3.79. The van der Waals surface area contributed by atoms with Gasteiger partial charge < -0.3 is 15.0 Å². The summed E-state index contributed by atoms with van der Waals surface area (Å²) in [6, 6.07) is 2.02. The first kappa shape index (κ1) is 22.0. The largest absolute Gasteiger partial charge is 0.444 e.